The van der Waals surface area contributed by atoms with Gasteiger partial charge in [-0.25, -0.2) is 0 Å². The molecule has 0 amide bonds. The Kier molecular flexibility index (Phi) is 6.42. The largest absolute Gasteiger partial charge is 0.455 e. The SMILES string of the molecule is c1ccc(N(c2cccc3c2[nH]c2ccccc23)c2ccc(-c3cccc(-c4ccc5sc6ccccc6c5c4)c3)c3oc4ccccc4c23)cc1. The Morgan fingerprint density at radius 1 is 0.462 bits per heavy atom. The summed E-state index contributed by atoms with van der Waals surface area (Å²) in [6.45, 7) is 0. The predicted molar refractivity (Wildman–Crippen MR) is 222 cm³/mol. The van der Waals surface area contributed by atoms with Crippen LogP contribution in [0.15, 0.2) is 180 Å². The van der Waals surface area contributed by atoms with E-state index in [1.807, 2.05) is 11.3 Å². The van der Waals surface area contributed by atoms with Crippen LogP contribution in [0.25, 0.3) is 86.2 Å². The molecule has 3 nitrogen and oxygen atoms in total. The van der Waals surface area contributed by atoms with E-state index < -0.39 is 0 Å². The van der Waals surface area contributed by atoms with Crippen molar-refractivity contribution < 1.29 is 4.42 Å². The number of hydrogen-bond acceptors (Lipinski definition) is 3. The van der Waals surface area contributed by atoms with Gasteiger partial charge in [0.25, 0.3) is 0 Å². The van der Waals surface area contributed by atoms with Crippen molar-refractivity contribution >= 4 is 92.3 Å². The summed E-state index contributed by atoms with van der Waals surface area (Å²) in [4.78, 5) is 6.14. The summed E-state index contributed by atoms with van der Waals surface area (Å²) in [5.41, 5.74) is 11.8. The monoisotopic (exact) mass is 682 g/mol. The molecule has 0 saturated carbocycles. The van der Waals surface area contributed by atoms with Gasteiger partial charge in [0.05, 0.1) is 22.3 Å². The van der Waals surface area contributed by atoms with Gasteiger partial charge in [-0.3, -0.25) is 0 Å². The summed E-state index contributed by atoms with van der Waals surface area (Å²) in [5.74, 6) is 0. The van der Waals surface area contributed by atoms with E-state index in [2.05, 4.69) is 186 Å². The van der Waals surface area contributed by atoms with Crippen LogP contribution in [-0.4, -0.2) is 4.98 Å². The van der Waals surface area contributed by atoms with Gasteiger partial charge in [0.15, 0.2) is 0 Å². The number of rotatable bonds is 5. The number of benzene rings is 8. The molecule has 244 valence electrons. The maximum absolute atomic E-state index is 6.84. The first kappa shape index (κ1) is 29.1. The van der Waals surface area contributed by atoms with Crippen molar-refractivity contribution in [1.82, 2.24) is 4.98 Å². The first-order chi connectivity index (χ1) is 25.8. The van der Waals surface area contributed by atoms with Crippen molar-refractivity contribution in [3.05, 3.63) is 176 Å². The Morgan fingerprint density at radius 3 is 2.10 bits per heavy atom. The van der Waals surface area contributed by atoms with Crippen molar-refractivity contribution in [1.29, 1.82) is 0 Å². The third-order valence-electron chi connectivity index (χ3n) is 10.4. The third-order valence-corrected chi connectivity index (χ3v) is 11.6. The van der Waals surface area contributed by atoms with Crippen molar-refractivity contribution in [3.8, 4) is 22.3 Å². The summed E-state index contributed by atoms with van der Waals surface area (Å²) in [5, 5.41) is 7.20. The predicted octanol–water partition coefficient (Wildman–Crippen LogP) is 14.4. The van der Waals surface area contributed by atoms with Crippen LogP contribution in [0.5, 0.6) is 0 Å². The average molecular weight is 683 g/mol. The van der Waals surface area contributed by atoms with Gasteiger partial charge in [-0.05, 0) is 83.4 Å². The van der Waals surface area contributed by atoms with Gasteiger partial charge in [0.2, 0.25) is 0 Å². The highest BCUT2D eigenvalue weighted by Crippen LogP contribution is 2.48. The molecule has 3 heterocycles. The minimum atomic E-state index is 0.869. The minimum absolute atomic E-state index is 0.869. The van der Waals surface area contributed by atoms with E-state index in [-0.39, 0.29) is 0 Å². The van der Waals surface area contributed by atoms with Gasteiger partial charge >= 0.3 is 0 Å². The molecule has 1 N–H and O–H groups in total. The molecule has 8 aromatic carbocycles. The number of thiophene rings is 1. The lowest BCUT2D eigenvalue weighted by atomic mass is 9.96. The molecule has 11 rings (SSSR count). The Balaban J connectivity index is 1.13. The van der Waals surface area contributed by atoms with Crippen molar-refractivity contribution in [3.63, 3.8) is 0 Å². The molecular weight excluding hydrogens is 653 g/mol. The van der Waals surface area contributed by atoms with Crippen molar-refractivity contribution in [2.45, 2.75) is 0 Å². The topological polar surface area (TPSA) is 32.2 Å². The fourth-order valence-corrected chi connectivity index (χ4v) is 9.11. The number of aromatic amines is 1. The van der Waals surface area contributed by atoms with Gasteiger partial charge in [-0.15, -0.1) is 11.3 Å². The molecule has 0 radical (unpaired) electrons. The highest BCUT2D eigenvalue weighted by molar-refractivity contribution is 7.25. The molecule has 3 aromatic heterocycles. The zero-order valence-electron chi connectivity index (χ0n) is 28.0. The Labute approximate surface area is 303 Å². The van der Waals surface area contributed by atoms with Crippen LogP contribution in [0.3, 0.4) is 0 Å². The lowest BCUT2D eigenvalue weighted by molar-refractivity contribution is 0.670. The van der Waals surface area contributed by atoms with Crippen LogP contribution in [0.2, 0.25) is 0 Å². The summed E-state index contributed by atoms with van der Waals surface area (Å²) >= 11 is 1.85. The molecule has 11 aromatic rings. The van der Waals surface area contributed by atoms with Gasteiger partial charge in [0, 0.05) is 53.1 Å². The van der Waals surface area contributed by atoms with Crippen LogP contribution in [-0.2, 0) is 0 Å². The number of hydrogen-bond donors (Lipinski definition) is 1. The summed E-state index contributed by atoms with van der Waals surface area (Å²) < 4.78 is 9.48. The quantitative estimate of drug-likeness (QED) is 0.196. The smallest absolute Gasteiger partial charge is 0.145 e. The normalized spacial score (nSPS) is 11.8. The van der Waals surface area contributed by atoms with Crippen LogP contribution in [0.1, 0.15) is 0 Å². The minimum Gasteiger partial charge on any atom is -0.455 e. The Morgan fingerprint density at radius 2 is 1.17 bits per heavy atom. The zero-order chi connectivity index (χ0) is 34.2. The van der Waals surface area contributed by atoms with E-state index in [9.17, 15) is 0 Å². The molecule has 0 aliphatic heterocycles. The lowest BCUT2D eigenvalue weighted by Gasteiger charge is -2.27. The molecule has 0 atom stereocenters. The van der Waals surface area contributed by atoms with Crippen LogP contribution < -0.4 is 4.90 Å². The first-order valence-corrected chi connectivity index (χ1v) is 18.4. The number of nitrogens with zero attached hydrogens (tertiary/aromatic N) is 1. The van der Waals surface area contributed by atoms with Gasteiger partial charge in [-0.2, -0.15) is 0 Å². The molecule has 0 aliphatic carbocycles. The van der Waals surface area contributed by atoms with E-state index >= 15 is 0 Å². The zero-order valence-corrected chi connectivity index (χ0v) is 28.8. The number of H-pyrrole nitrogens is 1. The van der Waals surface area contributed by atoms with Crippen molar-refractivity contribution in [2.24, 2.45) is 0 Å². The summed E-state index contributed by atoms with van der Waals surface area (Å²) in [7, 11) is 0. The Hall–Kier alpha value is -6.62. The molecule has 0 fully saturated rings. The number of furan rings is 1. The summed E-state index contributed by atoms with van der Waals surface area (Å²) in [6, 6.07) is 63.1. The van der Waals surface area contributed by atoms with Gasteiger partial charge in [-0.1, -0.05) is 109 Å². The van der Waals surface area contributed by atoms with Crippen LogP contribution in [0.4, 0.5) is 17.1 Å². The second-order valence-electron chi connectivity index (χ2n) is 13.4. The third kappa shape index (κ3) is 4.45. The molecule has 0 saturated heterocycles. The highest BCUT2D eigenvalue weighted by Gasteiger charge is 2.24. The van der Waals surface area contributed by atoms with E-state index in [0.29, 0.717) is 0 Å². The van der Waals surface area contributed by atoms with Crippen LogP contribution >= 0.6 is 11.3 Å². The molecule has 4 heteroatoms. The highest BCUT2D eigenvalue weighted by atomic mass is 32.1. The second kappa shape index (κ2) is 11.5. The molecule has 0 aliphatic rings. The van der Waals surface area contributed by atoms with E-state index in [4.69, 9.17) is 4.42 Å². The van der Waals surface area contributed by atoms with Gasteiger partial charge in [0.1, 0.15) is 11.2 Å². The lowest BCUT2D eigenvalue weighted by Crippen LogP contribution is -2.11. The van der Waals surface area contributed by atoms with E-state index in [1.54, 1.807) is 0 Å². The number of fused-ring (bicyclic) bond motifs is 9. The number of nitrogens with one attached hydrogen (secondary N) is 1. The number of para-hydroxylation sites is 4. The van der Waals surface area contributed by atoms with E-state index in [0.717, 1.165) is 61.2 Å². The summed E-state index contributed by atoms with van der Waals surface area (Å²) in [6.07, 6.45) is 0. The van der Waals surface area contributed by atoms with Crippen LogP contribution in [0, 0.1) is 0 Å². The molecule has 0 unspecified atom stereocenters. The average Bonchev–Trinajstić information content (AvgIpc) is 3.90. The van der Waals surface area contributed by atoms with Crippen molar-refractivity contribution in [2.75, 3.05) is 4.90 Å². The molecule has 52 heavy (non-hydrogen) atoms. The number of anilines is 3. The maximum atomic E-state index is 6.84. The number of aromatic nitrogens is 1. The second-order valence-corrected chi connectivity index (χ2v) is 14.4. The first-order valence-electron chi connectivity index (χ1n) is 17.6. The molecule has 0 bridgehead atoms. The van der Waals surface area contributed by atoms with Gasteiger partial charge < -0.3 is 14.3 Å². The fraction of sp³-hybridized carbons (Fsp3) is 0. The standard InChI is InChI=1S/C48H30N2OS/c1-2-14-33(15-3-1)50(42-21-11-19-37-35-16-4-7-20-40(35)49-47(37)42)41-26-25-34(48-46(41)38-18-5-8-22-43(38)51-48)32-13-10-12-30(28-32)31-24-27-45-39(29-31)36-17-6-9-23-44(36)52-45/h1-29,49H. The maximum Gasteiger partial charge on any atom is 0.145 e. The Bertz CT molecular complexity index is 3150. The molecular formula is C48H30N2OS. The van der Waals surface area contributed by atoms with E-state index in [1.165, 1.54) is 42.1 Å². The molecule has 0 spiro atoms. The fourth-order valence-electron chi connectivity index (χ4n) is 8.03.